The van der Waals surface area contributed by atoms with Crippen LogP contribution in [-0.4, -0.2) is 17.7 Å². The highest BCUT2D eigenvalue weighted by Crippen LogP contribution is 2.26. The standard InChI is InChI=1S/C15H17ClN2O/c16-12-6-4-11(5-7-12)14-10-18-19-15(14)9-13-3-1-2-8-17-13/h4-7,10,13,17H,1-3,8-9H2. The number of hydrogen-bond donors (Lipinski definition) is 1. The lowest BCUT2D eigenvalue weighted by Crippen LogP contribution is -2.35. The first kappa shape index (κ1) is 12.7. The molecule has 1 atom stereocenters. The molecule has 1 aromatic heterocycles. The average Bonchev–Trinajstić information content (AvgIpc) is 2.89. The van der Waals surface area contributed by atoms with Crippen molar-refractivity contribution in [3.63, 3.8) is 0 Å². The Hall–Kier alpha value is -1.32. The zero-order chi connectivity index (χ0) is 13.1. The normalized spacial score (nSPS) is 19.5. The molecule has 2 heterocycles. The summed E-state index contributed by atoms with van der Waals surface area (Å²) < 4.78 is 5.43. The number of rotatable bonds is 3. The van der Waals surface area contributed by atoms with Crippen LogP contribution in [0.15, 0.2) is 35.0 Å². The highest BCUT2D eigenvalue weighted by molar-refractivity contribution is 6.30. The summed E-state index contributed by atoms with van der Waals surface area (Å²) in [6.07, 6.45) is 6.47. The van der Waals surface area contributed by atoms with Gasteiger partial charge in [-0.05, 0) is 37.1 Å². The van der Waals surface area contributed by atoms with Crippen molar-refractivity contribution in [1.29, 1.82) is 0 Å². The summed E-state index contributed by atoms with van der Waals surface area (Å²) in [6, 6.07) is 8.31. The Morgan fingerprint density at radius 2 is 2.11 bits per heavy atom. The lowest BCUT2D eigenvalue weighted by Gasteiger charge is -2.22. The summed E-state index contributed by atoms with van der Waals surface area (Å²) in [5, 5.41) is 8.23. The lowest BCUT2D eigenvalue weighted by atomic mass is 9.97. The predicted molar refractivity (Wildman–Crippen MR) is 76.3 cm³/mol. The van der Waals surface area contributed by atoms with Crippen molar-refractivity contribution in [2.75, 3.05) is 6.54 Å². The molecule has 4 heteroatoms. The minimum absolute atomic E-state index is 0.507. The van der Waals surface area contributed by atoms with Crippen LogP contribution < -0.4 is 5.32 Å². The number of nitrogens with zero attached hydrogens (tertiary/aromatic N) is 1. The van der Waals surface area contributed by atoms with E-state index in [0.29, 0.717) is 6.04 Å². The van der Waals surface area contributed by atoms with Crippen LogP contribution in [0.5, 0.6) is 0 Å². The molecule has 1 unspecified atom stereocenters. The Bertz CT molecular complexity index is 529. The van der Waals surface area contributed by atoms with Crippen LogP contribution in [0.3, 0.4) is 0 Å². The van der Waals surface area contributed by atoms with Crippen LogP contribution in [-0.2, 0) is 6.42 Å². The van der Waals surface area contributed by atoms with Gasteiger partial charge in [0.05, 0.1) is 6.20 Å². The van der Waals surface area contributed by atoms with Crippen molar-refractivity contribution in [1.82, 2.24) is 10.5 Å². The molecule has 0 spiro atoms. The van der Waals surface area contributed by atoms with E-state index in [1.165, 1.54) is 19.3 Å². The first-order chi connectivity index (χ1) is 9.33. The van der Waals surface area contributed by atoms with Gasteiger partial charge in [0.15, 0.2) is 0 Å². The maximum absolute atomic E-state index is 5.92. The highest BCUT2D eigenvalue weighted by Gasteiger charge is 2.18. The van der Waals surface area contributed by atoms with Gasteiger partial charge in [0.1, 0.15) is 5.76 Å². The minimum Gasteiger partial charge on any atom is -0.361 e. The summed E-state index contributed by atoms with van der Waals surface area (Å²) in [5.41, 5.74) is 2.18. The van der Waals surface area contributed by atoms with Crippen LogP contribution in [0.1, 0.15) is 25.0 Å². The molecule has 3 nitrogen and oxygen atoms in total. The van der Waals surface area contributed by atoms with Crippen LogP contribution >= 0.6 is 11.6 Å². The second-order valence-corrected chi connectivity index (χ2v) is 5.46. The molecule has 100 valence electrons. The third-order valence-corrected chi connectivity index (χ3v) is 3.90. The van der Waals surface area contributed by atoms with E-state index in [-0.39, 0.29) is 0 Å². The molecule has 2 aromatic rings. The predicted octanol–water partition coefficient (Wildman–Crippen LogP) is 3.68. The molecule has 1 aliphatic rings. The molecule has 1 N–H and O–H groups in total. The maximum atomic E-state index is 5.92. The molecule has 1 fully saturated rings. The Morgan fingerprint density at radius 1 is 1.26 bits per heavy atom. The fourth-order valence-corrected chi connectivity index (χ4v) is 2.72. The third-order valence-electron chi connectivity index (χ3n) is 3.64. The Kier molecular flexibility index (Phi) is 3.85. The molecule has 1 saturated heterocycles. The molecular weight excluding hydrogens is 260 g/mol. The van der Waals surface area contributed by atoms with Gasteiger partial charge < -0.3 is 9.84 Å². The van der Waals surface area contributed by atoms with E-state index < -0.39 is 0 Å². The van der Waals surface area contributed by atoms with E-state index in [1.807, 2.05) is 24.3 Å². The van der Waals surface area contributed by atoms with Crippen molar-refractivity contribution in [3.05, 3.63) is 41.2 Å². The molecule has 1 aromatic carbocycles. The van der Waals surface area contributed by atoms with Crippen molar-refractivity contribution < 1.29 is 4.52 Å². The van der Waals surface area contributed by atoms with Gasteiger partial charge in [-0.15, -0.1) is 0 Å². The van der Waals surface area contributed by atoms with Crippen molar-refractivity contribution in [3.8, 4) is 11.1 Å². The largest absolute Gasteiger partial charge is 0.361 e. The van der Waals surface area contributed by atoms with Crippen LogP contribution in [0.4, 0.5) is 0 Å². The van der Waals surface area contributed by atoms with Gasteiger partial charge in [-0.25, -0.2) is 0 Å². The number of piperidine rings is 1. The number of halogens is 1. The summed E-state index contributed by atoms with van der Waals surface area (Å²) in [5.74, 6) is 0.960. The molecule has 0 bridgehead atoms. The average molecular weight is 277 g/mol. The second-order valence-electron chi connectivity index (χ2n) is 5.02. The summed E-state index contributed by atoms with van der Waals surface area (Å²) in [7, 11) is 0. The Labute approximate surface area is 117 Å². The topological polar surface area (TPSA) is 38.1 Å². The summed E-state index contributed by atoms with van der Waals surface area (Å²) >= 11 is 5.92. The van der Waals surface area contributed by atoms with E-state index in [1.54, 1.807) is 6.20 Å². The molecular formula is C15H17ClN2O. The highest BCUT2D eigenvalue weighted by atomic mass is 35.5. The van der Waals surface area contributed by atoms with Crippen molar-refractivity contribution in [2.45, 2.75) is 31.7 Å². The first-order valence-electron chi connectivity index (χ1n) is 6.76. The lowest BCUT2D eigenvalue weighted by molar-refractivity contribution is 0.337. The van der Waals surface area contributed by atoms with Crippen LogP contribution in [0.2, 0.25) is 5.02 Å². The van der Waals surface area contributed by atoms with Crippen LogP contribution in [0, 0.1) is 0 Å². The first-order valence-corrected chi connectivity index (χ1v) is 7.13. The van der Waals surface area contributed by atoms with E-state index in [2.05, 4.69) is 10.5 Å². The quantitative estimate of drug-likeness (QED) is 0.929. The summed E-state index contributed by atoms with van der Waals surface area (Å²) in [6.45, 7) is 1.11. The Morgan fingerprint density at radius 3 is 2.84 bits per heavy atom. The zero-order valence-corrected chi connectivity index (χ0v) is 11.5. The SMILES string of the molecule is Clc1ccc(-c2cnoc2CC2CCCCN2)cc1. The molecule has 0 saturated carbocycles. The van der Waals surface area contributed by atoms with Crippen molar-refractivity contribution in [2.24, 2.45) is 0 Å². The van der Waals surface area contributed by atoms with E-state index in [0.717, 1.165) is 34.9 Å². The van der Waals surface area contributed by atoms with Gasteiger partial charge in [0.25, 0.3) is 0 Å². The van der Waals surface area contributed by atoms with E-state index in [9.17, 15) is 0 Å². The molecule has 0 radical (unpaired) electrons. The van der Waals surface area contributed by atoms with Gasteiger partial charge in [-0.2, -0.15) is 0 Å². The van der Waals surface area contributed by atoms with E-state index in [4.69, 9.17) is 16.1 Å². The number of hydrogen-bond acceptors (Lipinski definition) is 3. The number of aromatic nitrogens is 1. The van der Waals surface area contributed by atoms with E-state index >= 15 is 0 Å². The smallest absolute Gasteiger partial charge is 0.146 e. The summed E-state index contributed by atoms with van der Waals surface area (Å²) in [4.78, 5) is 0. The zero-order valence-electron chi connectivity index (χ0n) is 10.7. The Balaban J connectivity index is 1.79. The number of nitrogens with one attached hydrogen (secondary N) is 1. The molecule has 3 rings (SSSR count). The molecule has 19 heavy (non-hydrogen) atoms. The van der Waals surface area contributed by atoms with Gasteiger partial charge in [0.2, 0.25) is 0 Å². The molecule has 0 aliphatic carbocycles. The van der Waals surface area contributed by atoms with Gasteiger partial charge in [0, 0.05) is 23.0 Å². The van der Waals surface area contributed by atoms with Gasteiger partial charge in [-0.3, -0.25) is 0 Å². The van der Waals surface area contributed by atoms with Gasteiger partial charge in [-0.1, -0.05) is 35.3 Å². The third kappa shape index (κ3) is 2.99. The maximum Gasteiger partial charge on any atom is 0.146 e. The van der Waals surface area contributed by atoms with Crippen LogP contribution in [0.25, 0.3) is 11.1 Å². The fourth-order valence-electron chi connectivity index (χ4n) is 2.60. The fraction of sp³-hybridized carbons (Fsp3) is 0.400. The number of benzene rings is 1. The van der Waals surface area contributed by atoms with Gasteiger partial charge >= 0.3 is 0 Å². The molecule has 0 amide bonds. The monoisotopic (exact) mass is 276 g/mol. The minimum atomic E-state index is 0.507. The second kappa shape index (κ2) is 5.76. The molecule has 1 aliphatic heterocycles. The van der Waals surface area contributed by atoms with Crippen molar-refractivity contribution >= 4 is 11.6 Å².